The number of halogens is 1. The Bertz CT molecular complexity index is 485. The molecule has 0 aliphatic heterocycles. The maximum absolute atomic E-state index is 4.38. The Morgan fingerprint density at radius 3 is 2.50 bits per heavy atom. The lowest BCUT2D eigenvalue weighted by molar-refractivity contribution is 0.267. The van der Waals surface area contributed by atoms with Crippen LogP contribution in [0.2, 0.25) is 0 Å². The monoisotopic (exact) mass is 304 g/mol. The molecule has 3 heteroatoms. The van der Waals surface area contributed by atoms with Gasteiger partial charge in [-0.3, -0.25) is 9.88 Å². The zero-order valence-corrected chi connectivity index (χ0v) is 12.1. The smallest absolute Gasteiger partial charge is 0.0544 e. The number of benzene rings is 1. The van der Waals surface area contributed by atoms with Crippen LogP contribution in [0.15, 0.2) is 53.1 Å². The third-order valence-electron chi connectivity index (χ3n) is 2.91. The van der Waals surface area contributed by atoms with Crippen molar-refractivity contribution in [2.45, 2.75) is 20.0 Å². The van der Waals surface area contributed by atoms with Crippen molar-refractivity contribution in [1.29, 1.82) is 0 Å². The predicted octanol–water partition coefficient (Wildman–Crippen LogP) is 3.87. The van der Waals surface area contributed by atoms with Crippen molar-refractivity contribution in [3.63, 3.8) is 0 Å². The molecule has 0 spiro atoms. The Kier molecular flexibility index (Phi) is 4.90. The predicted molar refractivity (Wildman–Crippen MR) is 78.2 cm³/mol. The summed E-state index contributed by atoms with van der Waals surface area (Å²) in [7, 11) is 0. The van der Waals surface area contributed by atoms with Gasteiger partial charge in [0.05, 0.1) is 5.69 Å². The molecule has 94 valence electrons. The van der Waals surface area contributed by atoms with Crippen molar-refractivity contribution < 1.29 is 0 Å². The Labute approximate surface area is 117 Å². The first kappa shape index (κ1) is 13.2. The van der Waals surface area contributed by atoms with Crippen molar-refractivity contribution in [2.75, 3.05) is 6.54 Å². The second-order valence-corrected chi connectivity index (χ2v) is 5.07. The lowest BCUT2D eigenvalue weighted by Gasteiger charge is -2.20. The highest BCUT2D eigenvalue weighted by Gasteiger charge is 2.07. The molecule has 0 aliphatic rings. The Balaban J connectivity index is 2.04. The van der Waals surface area contributed by atoms with Crippen LogP contribution in [0.3, 0.4) is 0 Å². The molecule has 0 atom stereocenters. The fraction of sp³-hybridized carbons (Fsp3) is 0.267. The van der Waals surface area contributed by atoms with Gasteiger partial charge in [-0.25, -0.2) is 0 Å². The molecule has 0 radical (unpaired) electrons. The van der Waals surface area contributed by atoms with E-state index in [1.54, 1.807) is 0 Å². The van der Waals surface area contributed by atoms with Gasteiger partial charge in [-0.15, -0.1) is 0 Å². The molecular formula is C15H17BrN2. The molecule has 1 aromatic carbocycles. The second-order valence-electron chi connectivity index (χ2n) is 4.22. The summed E-state index contributed by atoms with van der Waals surface area (Å²) in [5.74, 6) is 0. The first-order chi connectivity index (χ1) is 8.79. The van der Waals surface area contributed by atoms with Crippen LogP contribution in [-0.2, 0) is 13.1 Å². The topological polar surface area (TPSA) is 16.1 Å². The van der Waals surface area contributed by atoms with E-state index in [0.29, 0.717) is 0 Å². The second kappa shape index (κ2) is 6.66. The molecule has 0 bridgehead atoms. The van der Waals surface area contributed by atoms with E-state index in [0.717, 1.165) is 25.3 Å². The summed E-state index contributed by atoms with van der Waals surface area (Å²) in [5.41, 5.74) is 2.43. The van der Waals surface area contributed by atoms with Gasteiger partial charge in [0.25, 0.3) is 0 Å². The number of pyridine rings is 1. The largest absolute Gasteiger partial charge is 0.293 e. The third-order valence-corrected chi connectivity index (χ3v) is 3.68. The van der Waals surface area contributed by atoms with Crippen LogP contribution >= 0.6 is 15.9 Å². The summed E-state index contributed by atoms with van der Waals surface area (Å²) in [6.07, 6.45) is 1.85. The number of aromatic nitrogens is 1. The lowest BCUT2D eigenvalue weighted by atomic mass is 10.2. The average molecular weight is 305 g/mol. The summed E-state index contributed by atoms with van der Waals surface area (Å²) in [6, 6.07) is 14.4. The average Bonchev–Trinajstić information content (AvgIpc) is 2.41. The van der Waals surface area contributed by atoms with Crippen molar-refractivity contribution in [3.8, 4) is 0 Å². The summed E-state index contributed by atoms with van der Waals surface area (Å²) in [5, 5.41) is 0. The van der Waals surface area contributed by atoms with Gasteiger partial charge in [0.1, 0.15) is 0 Å². The Morgan fingerprint density at radius 1 is 1.06 bits per heavy atom. The molecule has 0 N–H and O–H groups in total. The van der Waals surface area contributed by atoms with E-state index in [9.17, 15) is 0 Å². The zero-order chi connectivity index (χ0) is 12.8. The van der Waals surface area contributed by atoms with Gasteiger partial charge in [0.15, 0.2) is 0 Å². The molecule has 0 unspecified atom stereocenters. The molecule has 1 heterocycles. The van der Waals surface area contributed by atoms with Crippen LogP contribution in [0.1, 0.15) is 18.2 Å². The number of hydrogen-bond donors (Lipinski definition) is 0. The summed E-state index contributed by atoms with van der Waals surface area (Å²) < 4.78 is 1.17. The number of hydrogen-bond acceptors (Lipinski definition) is 2. The van der Waals surface area contributed by atoms with Crippen molar-refractivity contribution in [1.82, 2.24) is 9.88 Å². The van der Waals surface area contributed by atoms with Gasteiger partial charge < -0.3 is 0 Å². The van der Waals surface area contributed by atoms with Crippen LogP contribution in [0.5, 0.6) is 0 Å². The SMILES string of the molecule is CCN(Cc1ccccn1)Cc1ccccc1Br. The Morgan fingerprint density at radius 2 is 1.83 bits per heavy atom. The lowest BCUT2D eigenvalue weighted by Crippen LogP contribution is -2.23. The minimum atomic E-state index is 0.888. The first-order valence-corrected chi connectivity index (χ1v) is 6.94. The quantitative estimate of drug-likeness (QED) is 0.833. The van der Waals surface area contributed by atoms with Crippen molar-refractivity contribution >= 4 is 15.9 Å². The highest BCUT2D eigenvalue weighted by molar-refractivity contribution is 9.10. The maximum atomic E-state index is 4.38. The highest BCUT2D eigenvalue weighted by Crippen LogP contribution is 2.18. The fourth-order valence-corrected chi connectivity index (χ4v) is 2.28. The molecule has 0 saturated heterocycles. The van der Waals surface area contributed by atoms with Crippen LogP contribution < -0.4 is 0 Å². The van der Waals surface area contributed by atoms with Crippen molar-refractivity contribution in [2.24, 2.45) is 0 Å². The standard InChI is InChI=1S/C15H17BrN2/c1-2-18(12-14-8-5-6-10-17-14)11-13-7-3-4-9-15(13)16/h3-10H,2,11-12H2,1H3. The van der Waals surface area contributed by atoms with E-state index in [2.05, 4.69) is 57.0 Å². The third kappa shape index (κ3) is 3.65. The summed E-state index contributed by atoms with van der Waals surface area (Å²) in [4.78, 5) is 6.75. The molecule has 0 fully saturated rings. The molecule has 0 amide bonds. The molecule has 2 nitrogen and oxygen atoms in total. The van der Waals surface area contributed by atoms with E-state index >= 15 is 0 Å². The molecule has 1 aromatic heterocycles. The Hall–Kier alpha value is -1.19. The van der Waals surface area contributed by atoms with E-state index < -0.39 is 0 Å². The molecule has 2 rings (SSSR count). The zero-order valence-electron chi connectivity index (χ0n) is 10.5. The van der Waals surface area contributed by atoms with Crippen molar-refractivity contribution in [3.05, 3.63) is 64.4 Å². The van der Waals surface area contributed by atoms with Crippen LogP contribution in [0, 0.1) is 0 Å². The van der Waals surface area contributed by atoms with E-state index in [-0.39, 0.29) is 0 Å². The van der Waals surface area contributed by atoms with Gasteiger partial charge >= 0.3 is 0 Å². The first-order valence-electron chi connectivity index (χ1n) is 6.15. The number of rotatable bonds is 5. The summed E-state index contributed by atoms with van der Waals surface area (Å²) in [6.45, 7) is 5.02. The van der Waals surface area contributed by atoms with E-state index in [1.165, 1.54) is 10.0 Å². The van der Waals surface area contributed by atoms with Gasteiger partial charge in [0, 0.05) is 23.8 Å². The minimum absolute atomic E-state index is 0.888. The van der Waals surface area contributed by atoms with E-state index in [4.69, 9.17) is 0 Å². The highest BCUT2D eigenvalue weighted by atomic mass is 79.9. The molecule has 18 heavy (non-hydrogen) atoms. The summed E-state index contributed by atoms with van der Waals surface area (Å²) >= 11 is 3.60. The van der Waals surface area contributed by atoms with Gasteiger partial charge in [-0.05, 0) is 30.3 Å². The van der Waals surface area contributed by atoms with E-state index in [1.807, 2.05) is 24.4 Å². The van der Waals surface area contributed by atoms with Crippen LogP contribution in [0.25, 0.3) is 0 Å². The molecule has 0 aliphatic carbocycles. The van der Waals surface area contributed by atoms with Crippen LogP contribution in [-0.4, -0.2) is 16.4 Å². The molecule has 0 saturated carbocycles. The van der Waals surface area contributed by atoms with Crippen LogP contribution in [0.4, 0.5) is 0 Å². The van der Waals surface area contributed by atoms with Gasteiger partial charge in [0.2, 0.25) is 0 Å². The molecular weight excluding hydrogens is 288 g/mol. The minimum Gasteiger partial charge on any atom is -0.293 e. The normalized spacial score (nSPS) is 10.8. The van der Waals surface area contributed by atoms with Gasteiger partial charge in [-0.2, -0.15) is 0 Å². The van der Waals surface area contributed by atoms with Gasteiger partial charge in [-0.1, -0.05) is 47.1 Å². The fourth-order valence-electron chi connectivity index (χ4n) is 1.87. The number of nitrogens with zero attached hydrogens (tertiary/aromatic N) is 2. The molecule has 2 aromatic rings. The maximum Gasteiger partial charge on any atom is 0.0544 e.